The highest BCUT2D eigenvalue weighted by atomic mass is 35.5. The molecule has 7 heteroatoms. The Labute approximate surface area is 203 Å². The number of halogens is 1. The van der Waals surface area contributed by atoms with E-state index >= 15 is 0 Å². The van der Waals surface area contributed by atoms with Crippen LogP contribution in [-0.4, -0.2) is 24.3 Å². The van der Waals surface area contributed by atoms with Crippen molar-refractivity contribution in [3.05, 3.63) is 87.4 Å². The summed E-state index contributed by atoms with van der Waals surface area (Å²) in [6.45, 7) is 7.77. The summed E-state index contributed by atoms with van der Waals surface area (Å²) >= 11 is 5.99. The quantitative estimate of drug-likeness (QED) is 0.449. The van der Waals surface area contributed by atoms with Crippen LogP contribution < -0.4 is 15.0 Å². The van der Waals surface area contributed by atoms with Crippen molar-refractivity contribution in [3.8, 4) is 5.75 Å². The molecule has 0 saturated carbocycles. The molecule has 0 radical (unpaired) electrons. The van der Waals surface area contributed by atoms with Gasteiger partial charge in [0.25, 0.3) is 17.7 Å². The number of nitrogens with zero attached hydrogens (tertiary/aromatic N) is 1. The van der Waals surface area contributed by atoms with Crippen LogP contribution in [0, 0.1) is 13.8 Å². The summed E-state index contributed by atoms with van der Waals surface area (Å²) in [5.41, 5.74) is 4.37. The van der Waals surface area contributed by atoms with E-state index in [1.807, 2.05) is 25.1 Å². The minimum Gasteiger partial charge on any atom is -0.483 e. The van der Waals surface area contributed by atoms with Gasteiger partial charge < -0.3 is 10.1 Å². The van der Waals surface area contributed by atoms with Crippen molar-refractivity contribution in [1.82, 2.24) is 0 Å². The number of amides is 3. The Morgan fingerprint density at radius 2 is 1.71 bits per heavy atom. The molecule has 0 unspecified atom stereocenters. The van der Waals surface area contributed by atoms with Gasteiger partial charge in [0.15, 0.2) is 6.61 Å². The average molecular weight is 477 g/mol. The lowest BCUT2D eigenvalue weighted by molar-refractivity contribution is -0.118. The highest BCUT2D eigenvalue weighted by Gasteiger charge is 2.37. The number of rotatable bonds is 6. The highest BCUT2D eigenvalue weighted by Crippen LogP contribution is 2.33. The van der Waals surface area contributed by atoms with E-state index in [-0.39, 0.29) is 24.0 Å². The molecular formula is C27H25ClN2O4. The van der Waals surface area contributed by atoms with Crippen molar-refractivity contribution in [1.29, 1.82) is 0 Å². The zero-order chi connectivity index (χ0) is 24.6. The molecule has 34 heavy (non-hydrogen) atoms. The fourth-order valence-corrected chi connectivity index (χ4v) is 4.17. The van der Waals surface area contributed by atoms with Crippen molar-refractivity contribution >= 4 is 40.7 Å². The Balaban J connectivity index is 1.46. The number of aryl methyl sites for hydroxylation is 2. The molecule has 3 amide bonds. The van der Waals surface area contributed by atoms with E-state index < -0.39 is 11.8 Å². The largest absolute Gasteiger partial charge is 0.483 e. The maximum absolute atomic E-state index is 12.9. The van der Waals surface area contributed by atoms with Gasteiger partial charge in [-0.2, -0.15) is 0 Å². The molecule has 0 atom stereocenters. The first-order chi connectivity index (χ1) is 16.2. The van der Waals surface area contributed by atoms with Crippen molar-refractivity contribution in [2.24, 2.45) is 0 Å². The Kier molecular flexibility index (Phi) is 6.44. The molecule has 1 N–H and O–H groups in total. The summed E-state index contributed by atoms with van der Waals surface area (Å²) < 4.78 is 5.80. The Hall–Kier alpha value is -3.64. The minimum atomic E-state index is -0.421. The molecule has 0 fully saturated rings. The van der Waals surface area contributed by atoms with Crippen molar-refractivity contribution < 1.29 is 19.1 Å². The second kappa shape index (κ2) is 9.31. The number of benzene rings is 3. The molecule has 0 saturated heterocycles. The van der Waals surface area contributed by atoms with E-state index in [0.717, 1.165) is 16.0 Å². The lowest BCUT2D eigenvalue weighted by Crippen LogP contribution is -2.30. The lowest BCUT2D eigenvalue weighted by Gasteiger charge is -2.18. The van der Waals surface area contributed by atoms with Gasteiger partial charge in [-0.1, -0.05) is 37.6 Å². The number of imide groups is 1. The number of anilines is 2. The third kappa shape index (κ3) is 4.54. The number of nitrogens with one attached hydrogen (secondary N) is 1. The predicted molar refractivity (Wildman–Crippen MR) is 133 cm³/mol. The molecule has 0 aromatic heterocycles. The topological polar surface area (TPSA) is 75.7 Å². The summed E-state index contributed by atoms with van der Waals surface area (Å²) in [4.78, 5) is 39.3. The summed E-state index contributed by atoms with van der Waals surface area (Å²) in [5.74, 6) is -0.160. The zero-order valence-electron chi connectivity index (χ0n) is 19.4. The van der Waals surface area contributed by atoms with Crippen molar-refractivity contribution in [2.75, 3.05) is 16.8 Å². The molecule has 4 rings (SSSR count). The van der Waals surface area contributed by atoms with Gasteiger partial charge in [-0.15, -0.1) is 0 Å². The predicted octanol–water partition coefficient (Wildman–Crippen LogP) is 5.90. The fraction of sp³-hybridized carbons (Fsp3) is 0.222. The number of ether oxygens (including phenoxy) is 1. The second-order valence-corrected chi connectivity index (χ2v) is 9.11. The maximum Gasteiger partial charge on any atom is 0.266 e. The Morgan fingerprint density at radius 3 is 2.41 bits per heavy atom. The summed E-state index contributed by atoms with van der Waals surface area (Å²) in [6, 6.07) is 15.6. The normalized spacial score (nSPS) is 12.8. The highest BCUT2D eigenvalue weighted by molar-refractivity contribution is 6.36. The van der Waals surface area contributed by atoms with E-state index in [0.29, 0.717) is 33.3 Å². The number of carbonyl (C=O) groups excluding carboxylic acids is 3. The molecule has 1 aliphatic rings. The molecule has 0 bridgehead atoms. The second-order valence-electron chi connectivity index (χ2n) is 8.67. The third-order valence-corrected chi connectivity index (χ3v) is 5.96. The summed E-state index contributed by atoms with van der Waals surface area (Å²) in [7, 11) is 0. The van der Waals surface area contributed by atoms with Crippen LogP contribution in [0.1, 0.15) is 57.2 Å². The van der Waals surface area contributed by atoms with Crippen molar-refractivity contribution in [2.45, 2.75) is 33.6 Å². The Bertz CT molecular complexity index is 1320. The van der Waals surface area contributed by atoms with Crippen LogP contribution in [0.3, 0.4) is 0 Å². The number of carbonyl (C=O) groups is 3. The van der Waals surface area contributed by atoms with Crippen LogP contribution in [0.15, 0.2) is 54.6 Å². The van der Waals surface area contributed by atoms with E-state index in [2.05, 4.69) is 19.2 Å². The molecule has 3 aromatic rings. The van der Waals surface area contributed by atoms with Gasteiger partial charge in [0.1, 0.15) is 5.75 Å². The van der Waals surface area contributed by atoms with Gasteiger partial charge in [0, 0.05) is 10.7 Å². The molecule has 6 nitrogen and oxygen atoms in total. The van der Waals surface area contributed by atoms with E-state index in [1.165, 1.54) is 6.07 Å². The first-order valence-corrected chi connectivity index (χ1v) is 11.4. The van der Waals surface area contributed by atoms with E-state index in [4.69, 9.17) is 16.3 Å². The van der Waals surface area contributed by atoms with Gasteiger partial charge in [-0.3, -0.25) is 14.4 Å². The molecule has 3 aromatic carbocycles. The average Bonchev–Trinajstić information content (AvgIpc) is 3.02. The van der Waals surface area contributed by atoms with Gasteiger partial charge in [-0.05, 0) is 78.9 Å². The standard InChI is InChI=1S/C27H25ClN2O4/c1-15(2)20-8-5-16(3)11-24(20)34-14-25(31)29-19-7-10-23(17(4)12-19)30-26(32)21-9-6-18(28)13-22(21)27(30)33/h5-13,15H,14H2,1-4H3,(H,29,31). The van der Waals surface area contributed by atoms with Crippen LogP contribution in [0.5, 0.6) is 5.75 Å². The molecule has 1 heterocycles. The summed E-state index contributed by atoms with van der Waals surface area (Å²) in [6.07, 6.45) is 0. The van der Waals surface area contributed by atoms with Crippen LogP contribution in [0.25, 0.3) is 0 Å². The van der Waals surface area contributed by atoms with Crippen LogP contribution in [0.4, 0.5) is 11.4 Å². The number of hydrogen-bond acceptors (Lipinski definition) is 4. The molecule has 174 valence electrons. The number of hydrogen-bond donors (Lipinski definition) is 1. The maximum atomic E-state index is 12.9. The smallest absolute Gasteiger partial charge is 0.266 e. The first kappa shape index (κ1) is 23.5. The minimum absolute atomic E-state index is 0.136. The molecular weight excluding hydrogens is 452 g/mol. The lowest BCUT2D eigenvalue weighted by atomic mass is 10.0. The molecule has 0 aliphatic carbocycles. The molecule has 1 aliphatic heterocycles. The van der Waals surface area contributed by atoms with Gasteiger partial charge in [0.2, 0.25) is 0 Å². The van der Waals surface area contributed by atoms with E-state index in [9.17, 15) is 14.4 Å². The SMILES string of the molecule is Cc1ccc(C(C)C)c(OCC(=O)Nc2ccc(N3C(=O)c4ccc(Cl)cc4C3=O)c(C)c2)c1. The van der Waals surface area contributed by atoms with Crippen molar-refractivity contribution in [3.63, 3.8) is 0 Å². The zero-order valence-corrected chi connectivity index (χ0v) is 20.2. The van der Waals surface area contributed by atoms with E-state index in [1.54, 1.807) is 37.3 Å². The van der Waals surface area contributed by atoms with Crippen LogP contribution in [-0.2, 0) is 4.79 Å². The van der Waals surface area contributed by atoms with Gasteiger partial charge in [0.05, 0.1) is 16.8 Å². The van der Waals surface area contributed by atoms with Crippen LogP contribution in [0.2, 0.25) is 5.02 Å². The fourth-order valence-electron chi connectivity index (χ4n) is 4.00. The third-order valence-electron chi connectivity index (χ3n) is 5.72. The Morgan fingerprint density at radius 1 is 0.971 bits per heavy atom. The van der Waals surface area contributed by atoms with Gasteiger partial charge >= 0.3 is 0 Å². The first-order valence-electron chi connectivity index (χ1n) is 11.0. The molecule has 0 spiro atoms. The number of fused-ring (bicyclic) bond motifs is 1. The summed E-state index contributed by atoms with van der Waals surface area (Å²) in [5, 5.41) is 3.20. The van der Waals surface area contributed by atoms with Gasteiger partial charge in [-0.25, -0.2) is 4.90 Å². The monoisotopic (exact) mass is 476 g/mol. The van der Waals surface area contributed by atoms with Crippen LogP contribution >= 0.6 is 11.6 Å².